The number of carbonyl (C=O) groups is 2. The highest BCUT2D eigenvalue weighted by atomic mass is 32.2. The molecule has 2 aromatic rings. The van der Waals surface area contributed by atoms with Crippen molar-refractivity contribution in [2.24, 2.45) is 0 Å². The average molecular weight is 377 g/mol. The lowest BCUT2D eigenvalue weighted by Crippen LogP contribution is -2.37. The fourth-order valence-electron chi connectivity index (χ4n) is 2.83. The topological polar surface area (TPSA) is 110 Å². The molecule has 1 atom stereocenters. The molecular weight excluding hydrogens is 358 g/mol. The summed E-state index contributed by atoms with van der Waals surface area (Å²) in [5.74, 6) is 0.356. The van der Waals surface area contributed by atoms with E-state index in [0.29, 0.717) is 29.1 Å². The maximum Gasteiger partial charge on any atom is 0.256 e. The Balaban J connectivity index is 1.66. The first-order chi connectivity index (χ1) is 12.2. The van der Waals surface area contributed by atoms with Crippen LogP contribution in [0.3, 0.4) is 0 Å². The SMILES string of the molecule is Cc1cc(NC(=O)c2ccc(C(=O)N(C)C3CCS(=O)(=O)C3)cc2)no1. The quantitative estimate of drug-likeness (QED) is 0.865. The van der Waals surface area contributed by atoms with Crippen molar-refractivity contribution in [2.75, 3.05) is 23.9 Å². The fourth-order valence-corrected chi connectivity index (χ4v) is 4.60. The molecule has 2 amide bonds. The van der Waals surface area contributed by atoms with Gasteiger partial charge in [0.15, 0.2) is 15.7 Å². The number of sulfone groups is 1. The maximum absolute atomic E-state index is 12.5. The summed E-state index contributed by atoms with van der Waals surface area (Å²) in [6.07, 6.45) is 0.447. The minimum atomic E-state index is -3.06. The molecule has 138 valence electrons. The Bertz CT molecular complexity index is 934. The molecule has 1 unspecified atom stereocenters. The van der Waals surface area contributed by atoms with E-state index < -0.39 is 9.84 Å². The normalized spacial score (nSPS) is 18.5. The Morgan fingerprint density at radius 1 is 1.23 bits per heavy atom. The van der Waals surface area contributed by atoms with Crippen LogP contribution in [0.15, 0.2) is 34.9 Å². The van der Waals surface area contributed by atoms with Crippen LogP contribution in [0.1, 0.15) is 32.9 Å². The van der Waals surface area contributed by atoms with E-state index in [4.69, 9.17) is 4.52 Å². The van der Waals surface area contributed by atoms with Gasteiger partial charge in [-0.25, -0.2) is 8.42 Å². The molecule has 1 aliphatic heterocycles. The van der Waals surface area contributed by atoms with E-state index in [1.807, 2.05) is 0 Å². The predicted molar refractivity (Wildman–Crippen MR) is 94.8 cm³/mol. The van der Waals surface area contributed by atoms with Gasteiger partial charge >= 0.3 is 0 Å². The zero-order valence-corrected chi connectivity index (χ0v) is 15.2. The van der Waals surface area contributed by atoms with E-state index in [2.05, 4.69) is 10.5 Å². The van der Waals surface area contributed by atoms with Gasteiger partial charge in [0.1, 0.15) is 5.76 Å². The Labute approximate surface area is 151 Å². The minimum Gasteiger partial charge on any atom is -0.360 e. The summed E-state index contributed by atoms with van der Waals surface area (Å²) >= 11 is 0. The van der Waals surface area contributed by atoms with E-state index in [9.17, 15) is 18.0 Å². The molecule has 8 nitrogen and oxygen atoms in total. The minimum absolute atomic E-state index is 0.00710. The molecule has 1 N–H and O–H groups in total. The molecule has 0 saturated carbocycles. The first-order valence-electron chi connectivity index (χ1n) is 8.07. The van der Waals surface area contributed by atoms with E-state index in [1.165, 1.54) is 17.0 Å². The molecule has 1 aromatic carbocycles. The first kappa shape index (κ1) is 18.1. The zero-order chi connectivity index (χ0) is 18.9. The molecule has 1 saturated heterocycles. The van der Waals surface area contributed by atoms with E-state index in [0.717, 1.165) is 0 Å². The van der Waals surface area contributed by atoms with Gasteiger partial charge in [0.05, 0.1) is 11.5 Å². The maximum atomic E-state index is 12.5. The summed E-state index contributed by atoms with van der Waals surface area (Å²) < 4.78 is 28.0. The third-order valence-electron chi connectivity index (χ3n) is 4.34. The van der Waals surface area contributed by atoms with Crippen LogP contribution in [-0.2, 0) is 9.84 Å². The molecule has 1 fully saturated rings. The third kappa shape index (κ3) is 3.93. The monoisotopic (exact) mass is 377 g/mol. The molecule has 2 heterocycles. The molecule has 9 heteroatoms. The van der Waals surface area contributed by atoms with Gasteiger partial charge in [0.2, 0.25) is 0 Å². The third-order valence-corrected chi connectivity index (χ3v) is 6.09. The second-order valence-electron chi connectivity index (χ2n) is 6.33. The van der Waals surface area contributed by atoms with E-state index in [1.54, 1.807) is 32.2 Å². The molecular formula is C17H19N3O5S. The first-order valence-corrected chi connectivity index (χ1v) is 9.89. The second kappa shape index (κ2) is 6.91. The zero-order valence-electron chi connectivity index (χ0n) is 14.4. The van der Waals surface area contributed by atoms with Crippen molar-refractivity contribution in [3.05, 3.63) is 47.2 Å². The molecule has 0 bridgehead atoms. The summed E-state index contributed by atoms with van der Waals surface area (Å²) in [5, 5.41) is 6.29. The van der Waals surface area contributed by atoms with Gasteiger partial charge in [-0.05, 0) is 37.6 Å². The van der Waals surface area contributed by atoms with Gasteiger partial charge in [-0.15, -0.1) is 0 Å². The Morgan fingerprint density at radius 3 is 2.42 bits per heavy atom. The number of amides is 2. The standard InChI is InChI=1S/C17H19N3O5S/c1-11-9-15(19-25-11)18-16(21)12-3-5-13(6-4-12)17(22)20(2)14-7-8-26(23,24)10-14/h3-6,9,14H,7-8,10H2,1-2H3,(H,18,19,21). The lowest BCUT2D eigenvalue weighted by atomic mass is 10.1. The fraction of sp³-hybridized carbons (Fsp3) is 0.353. The van der Waals surface area contributed by atoms with Gasteiger partial charge in [-0.1, -0.05) is 5.16 Å². The van der Waals surface area contributed by atoms with Crippen molar-refractivity contribution < 1.29 is 22.5 Å². The predicted octanol–water partition coefficient (Wildman–Crippen LogP) is 1.49. The van der Waals surface area contributed by atoms with Gasteiger partial charge < -0.3 is 14.7 Å². The second-order valence-corrected chi connectivity index (χ2v) is 8.56. The number of aryl methyl sites for hydroxylation is 1. The van der Waals surface area contributed by atoms with Crippen LogP contribution in [-0.4, -0.2) is 54.9 Å². The van der Waals surface area contributed by atoms with Crippen molar-refractivity contribution in [3.8, 4) is 0 Å². The van der Waals surface area contributed by atoms with Crippen molar-refractivity contribution >= 4 is 27.5 Å². The lowest BCUT2D eigenvalue weighted by molar-refractivity contribution is 0.0747. The van der Waals surface area contributed by atoms with Crippen LogP contribution >= 0.6 is 0 Å². The smallest absolute Gasteiger partial charge is 0.256 e. The number of hydrogen-bond donors (Lipinski definition) is 1. The Morgan fingerprint density at radius 2 is 1.88 bits per heavy atom. The van der Waals surface area contributed by atoms with Gasteiger partial charge in [0, 0.05) is 30.3 Å². The molecule has 26 heavy (non-hydrogen) atoms. The number of nitrogens with zero attached hydrogens (tertiary/aromatic N) is 2. The molecule has 0 spiro atoms. The van der Waals surface area contributed by atoms with E-state index in [-0.39, 0.29) is 29.4 Å². The van der Waals surface area contributed by atoms with Gasteiger partial charge in [-0.3, -0.25) is 9.59 Å². The van der Waals surface area contributed by atoms with Crippen LogP contribution in [0.4, 0.5) is 5.82 Å². The summed E-state index contributed by atoms with van der Waals surface area (Å²) in [6, 6.07) is 7.45. The van der Waals surface area contributed by atoms with Crippen LogP contribution in [0, 0.1) is 6.92 Å². The molecule has 1 aromatic heterocycles. The van der Waals surface area contributed by atoms with Crippen LogP contribution < -0.4 is 5.32 Å². The number of hydrogen-bond acceptors (Lipinski definition) is 6. The number of nitrogens with one attached hydrogen (secondary N) is 1. The van der Waals surface area contributed by atoms with Crippen LogP contribution in [0.25, 0.3) is 0 Å². The molecule has 0 aliphatic carbocycles. The highest BCUT2D eigenvalue weighted by Crippen LogP contribution is 2.19. The van der Waals surface area contributed by atoms with Crippen LogP contribution in [0.5, 0.6) is 0 Å². The Kier molecular flexibility index (Phi) is 4.82. The van der Waals surface area contributed by atoms with Gasteiger partial charge in [-0.2, -0.15) is 0 Å². The number of carbonyl (C=O) groups excluding carboxylic acids is 2. The number of rotatable bonds is 4. The van der Waals surface area contributed by atoms with E-state index >= 15 is 0 Å². The summed E-state index contributed by atoms with van der Waals surface area (Å²) in [4.78, 5) is 26.1. The number of aromatic nitrogens is 1. The van der Waals surface area contributed by atoms with Crippen molar-refractivity contribution in [3.63, 3.8) is 0 Å². The number of benzene rings is 1. The summed E-state index contributed by atoms with van der Waals surface area (Å²) in [5.41, 5.74) is 0.763. The van der Waals surface area contributed by atoms with Crippen molar-refractivity contribution in [2.45, 2.75) is 19.4 Å². The Hall–Kier alpha value is -2.68. The average Bonchev–Trinajstić information content (AvgIpc) is 3.18. The van der Waals surface area contributed by atoms with Crippen molar-refractivity contribution in [1.29, 1.82) is 0 Å². The molecule has 0 radical (unpaired) electrons. The summed E-state index contributed by atoms with van der Waals surface area (Å²) in [6.45, 7) is 1.72. The highest BCUT2D eigenvalue weighted by Gasteiger charge is 2.33. The van der Waals surface area contributed by atoms with Crippen molar-refractivity contribution in [1.82, 2.24) is 10.1 Å². The molecule has 1 aliphatic rings. The van der Waals surface area contributed by atoms with Gasteiger partial charge in [0.25, 0.3) is 11.8 Å². The lowest BCUT2D eigenvalue weighted by Gasteiger charge is -2.23. The summed E-state index contributed by atoms with van der Waals surface area (Å²) in [7, 11) is -1.46. The largest absolute Gasteiger partial charge is 0.360 e. The molecule has 3 rings (SSSR count). The highest BCUT2D eigenvalue weighted by molar-refractivity contribution is 7.91. The number of anilines is 1. The van der Waals surface area contributed by atoms with Crippen LogP contribution in [0.2, 0.25) is 0 Å².